The summed E-state index contributed by atoms with van der Waals surface area (Å²) in [6, 6.07) is 0. The summed E-state index contributed by atoms with van der Waals surface area (Å²) >= 11 is 0. The molecule has 0 heterocycles. The van der Waals surface area contributed by atoms with Gasteiger partial charge in [0.25, 0.3) is 0 Å². The SMILES string of the molecule is CCCOC(OCC)(OC(=O)CCCCCCC(=O)O)C(OCC)(OCC)OCC. The first kappa shape index (κ1) is 28.7. The zero-order valence-corrected chi connectivity index (χ0v) is 19.2. The molecule has 0 rings (SSSR count). The largest absolute Gasteiger partial charge is 0.481 e. The van der Waals surface area contributed by atoms with Gasteiger partial charge in [0.05, 0.1) is 13.2 Å². The number of hydrogen-bond donors (Lipinski definition) is 1. The molecule has 0 aliphatic rings. The molecule has 0 spiro atoms. The minimum atomic E-state index is -2.01. The van der Waals surface area contributed by atoms with E-state index in [4.69, 9.17) is 33.5 Å². The lowest BCUT2D eigenvalue weighted by Crippen LogP contribution is -2.65. The molecule has 178 valence electrons. The van der Waals surface area contributed by atoms with Crippen LogP contribution in [0.15, 0.2) is 0 Å². The van der Waals surface area contributed by atoms with Crippen molar-refractivity contribution in [1.29, 1.82) is 0 Å². The van der Waals surface area contributed by atoms with Gasteiger partial charge in [0, 0.05) is 32.7 Å². The van der Waals surface area contributed by atoms with Crippen LogP contribution in [0, 0.1) is 0 Å². The van der Waals surface area contributed by atoms with Crippen LogP contribution in [0.25, 0.3) is 0 Å². The molecule has 0 radical (unpaired) electrons. The third-order valence-electron chi connectivity index (χ3n) is 3.98. The first-order chi connectivity index (χ1) is 14.4. The topological polar surface area (TPSA) is 110 Å². The van der Waals surface area contributed by atoms with E-state index in [1.54, 1.807) is 27.7 Å². The van der Waals surface area contributed by atoms with E-state index < -0.39 is 23.9 Å². The normalized spacial score (nSPS) is 13.8. The van der Waals surface area contributed by atoms with E-state index in [1.807, 2.05) is 6.92 Å². The number of carboxylic acids is 1. The first-order valence-electron chi connectivity index (χ1n) is 11.0. The number of carboxylic acid groups (broad SMARTS) is 1. The van der Waals surface area contributed by atoms with Crippen LogP contribution < -0.4 is 0 Å². The number of ether oxygens (including phenoxy) is 6. The Morgan fingerprint density at radius 1 is 0.667 bits per heavy atom. The van der Waals surface area contributed by atoms with Crippen LogP contribution in [0.4, 0.5) is 0 Å². The van der Waals surface area contributed by atoms with Crippen LogP contribution in [-0.2, 0) is 38.0 Å². The Labute approximate surface area is 180 Å². The van der Waals surface area contributed by atoms with Gasteiger partial charge in [-0.15, -0.1) is 0 Å². The fraction of sp³-hybridized carbons (Fsp3) is 0.905. The van der Waals surface area contributed by atoms with Gasteiger partial charge in [0.1, 0.15) is 0 Å². The predicted molar refractivity (Wildman–Crippen MR) is 110 cm³/mol. The Morgan fingerprint density at radius 3 is 1.57 bits per heavy atom. The molecule has 0 aromatic heterocycles. The number of aliphatic carboxylic acids is 1. The van der Waals surface area contributed by atoms with E-state index >= 15 is 0 Å². The van der Waals surface area contributed by atoms with Crippen LogP contribution >= 0.6 is 0 Å². The van der Waals surface area contributed by atoms with Crippen LogP contribution in [0.5, 0.6) is 0 Å². The summed E-state index contributed by atoms with van der Waals surface area (Å²) in [4.78, 5) is 23.2. The fourth-order valence-corrected chi connectivity index (χ4v) is 2.83. The molecule has 1 unspecified atom stereocenters. The molecule has 30 heavy (non-hydrogen) atoms. The lowest BCUT2D eigenvalue weighted by atomic mass is 10.1. The molecule has 9 heteroatoms. The molecule has 9 nitrogen and oxygen atoms in total. The van der Waals surface area contributed by atoms with E-state index in [-0.39, 0.29) is 45.9 Å². The Kier molecular flexibility index (Phi) is 15.7. The van der Waals surface area contributed by atoms with E-state index in [0.717, 1.165) is 6.42 Å². The fourth-order valence-electron chi connectivity index (χ4n) is 2.83. The summed E-state index contributed by atoms with van der Waals surface area (Å²) in [6.45, 7) is 10.0. The molecule has 0 aromatic carbocycles. The Bertz CT molecular complexity index is 452. The summed E-state index contributed by atoms with van der Waals surface area (Å²) in [5, 5.41) is 8.68. The number of rotatable bonds is 20. The maximum atomic E-state index is 12.7. The molecule has 0 bridgehead atoms. The number of esters is 1. The minimum absolute atomic E-state index is 0.123. The van der Waals surface area contributed by atoms with Crippen molar-refractivity contribution >= 4 is 11.9 Å². The van der Waals surface area contributed by atoms with Crippen molar-refractivity contribution in [3.8, 4) is 0 Å². The van der Waals surface area contributed by atoms with Crippen molar-refractivity contribution in [3.05, 3.63) is 0 Å². The maximum absolute atomic E-state index is 12.7. The summed E-state index contributed by atoms with van der Waals surface area (Å²) in [5.74, 6) is -5.24. The highest BCUT2D eigenvalue weighted by Crippen LogP contribution is 2.36. The minimum Gasteiger partial charge on any atom is -0.481 e. The second-order valence-corrected chi connectivity index (χ2v) is 6.47. The van der Waals surface area contributed by atoms with Gasteiger partial charge in [-0.1, -0.05) is 19.8 Å². The summed E-state index contributed by atoms with van der Waals surface area (Å²) < 4.78 is 34.7. The van der Waals surface area contributed by atoms with Gasteiger partial charge in [-0.3, -0.25) is 9.59 Å². The zero-order chi connectivity index (χ0) is 22.9. The van der Waals surface area contributed by atoms with Gasteiger partial charge in [0.2, 0.25) is 0 Å². The molecule has 0 saturated heterocycles. The molecular formula is C21H40O9. The lowest BCUT2D eigenvalue weighted by molar-refractivity contribution is -0.549. The maximum Gasteiger partial charge on any atom is 0.416 e. The number of carbonyl (C=O) groups is 2. The second-order valence-electron chi connectivity index (χ2n) is 6.47. The molecule has 0 aromatic rings. The second kappa shape index (κ2) is 16.4. The highest BCUT2D eigenvalue weighted by atomic mass is 17.0. The summed E-state index contributed by atoms with van der Waals surface area (Å²) in [7, 11) is 0. The number of carbonyl (C=O) groups excluding carboxylic acids is 1. The highest BCUT2D eigenvalue weighted by molar-refractivity contribution is 5.69. The van der Waals surface area contributed by atoms with Crippen LogP contribution in [0.1, 0.15) is 79.6 Å². The van der Waals surface area contributed by atoms with Gasteiger partial charge in [0.15, 0.2) is 0 Å². The zero-order valence-electron chi connectivity index (χ0n) is 19.2. The van der Waals surface area contributed by atoms with Crippen molar-refractivity contribution in [1.82, 2.24) is 0 Å². The Hall–Kier alpha value is -1.26. The summed E-state index contributed by atoms with van der Waals surface area (Å²) in [5.41, 5.74) is 0. The van der Waals surface area contributed by atoms with Crippen molar-refractivity contribution in [2.24, 2.45) is 0 Å². The van der Waals surface area contributed by atoms with Gasteiger partial charge >= 0.3 is 23.9 Å². The van der Waals surface area contributed by atoms with Gasteiger partial charge < -0.3 is 33.5 Å². The van der Waals surface area contributed by atoms with Crippen molar-refractivity contribution in [2.75, 3.05) is 33.0 Å². The van der Waals surface area contributed by atoms with E-state index in [0.29, 0.717) is 25.7 Å². The third kappa shape index (κ3) is 9.70. The molecule has 0 aliphatic heterocycles. The number of hydrogen-bond acceptors (Lipinski definition) is 8. The smallest absolute Gasteiger partial charge is 0.416 e. The van der Waals surface area contributed by atoms with Gasteiger partial charge in [-0.05, 0) is 47.0 Å². The van der Waals surface area contributed by atoms with Crippen LogP contribution in [0.3, 0.4) is 0 Å². The molecule has 0 aliphatic carbocycles. The monoisotopic (exact) mass is 436 g/mol. The van der Waals surface area contributed by atoms with Gasteiger partial charge in [-0.25, -0.2) is 0 Å². The van der Waals surface area contributed by atoms with Crippen molar-refractivity contribution < 1.29 is 43.1 Å². The first-order valence-corrected chi connectivity index (χ1v) is 11.0. The summed E-state index contributed by atoms with van der Waals surface area (Å²) in [6.07, 6.45) is 3.47. The standard InChI is InChI=1S/C21H40O9/c1-6-17-29-21(28-10-5,20(25-7-2,26-8-3)27-9-4)30-19(24)16-14-12-11-13-15-18(22)23/h6-17H2,1-5H3,(H,22,23). The van der Waals surface area contributed by atoms with E-state index in [2.05, 4.69) is 0 Å². The molecule has 0 fully saturated rings. The highest BCUT2D eigenvalue weighted by Gasteiger charge is 2.63. The van der Waals surface area contributed by atoms with Gasteiger partial charge in [-0.2, -0.15) is 0 Å². The van der Waals surface area contributed by atoms with Crippen LogP contribution in [0.2, 0.25) is 0 Å². The Morgan fingerprint density at radius 2 is 1.13 bits per heavy atom. The quantitative estimate of drug-likeness (QED) is 0.173. The van der Waals surface area contributed by atoms with E-state index in [9.17, 15) is 9.59 Å². The molecule has 0 amide bonds. The number of unbranched alkanes of at least 4 members (excludes halogenated alkanes) is 3. The third-order valence-corrected chi connectivity index (χ3v) is 3.98. The van der Waals surface area contributed by atoms with Crippen LogP contribution in [-0.4, -0.2) is 62.0 Å². The Balaban J connectivity index is 5.40. The average Bonchev–Trinajstić information content (AvgIpc) is 2.69. The molecule has 1 N–H and O–H groups in total. The van der Waals surface area contributed by atoms with E-state index in [1.165, 1.54) is 0 Å². The predicted octanol–water partition coefficient (Wildman–Crippen LogP) is 3.84. The lowest BCUT2D eigenvalue weighted by Gasteiger charge is -2.44. The molecular weight excluding hydrogens is 396 g/mol. The van der Waals surface area contributed by atoms with Crippen molar-refractivity contribution in [3.63, 3.8) is 0 Å². The molecule has 0 saturated carbocycles. The molecule has 1 atom stereocenters. The average molecular weight is 437 g/mol. The van der Waals surface area contributed by atoms with Crippen molar-refractivity contribution in [2.45, 2.75) is 91.5 Å².